The number of nitrogens with zero attached hydrogens (tertiary/aromatic N) is 5. The Morgan fingerprint density at radius 1 is 0.793 bits per heavy atom. The van der Waals surface area contributed by atoms with Gasteiger partial charge in [0.1, 0.15) is 17.2 Å². The molecule has 3 heterocycles. The third-order valence-electron chi connectivity index (χ3n) is 3.28. The van der Waals surface area contributed by atoms with Gasteiger partial charge in [0.2, 0.25) is 0 Å². The van der Waals surface area contributed by atoms with Gasteiger partial charge in [-0.2, -0.15) is 4.37 Å². The van der Waals surface area contributed by atoms with Gasteiger partial charge >= 0.3 is 0 Å². The Labute approximate surface area is 187 Å². The highest BCUT2D eigenvalue weighted by Crippen LogP contribution is 2.23. The number of aromatic nitrogens is 3. The Morgan fingerprint density at radius 2 is 1.38 bits per heavy atom. The Kier molecular flexibility index (Phi) is 12.6. The predicted molar refractivity (Wildman–Crippen MR) is 133 cm³/mol. The van der Waals surface area contributed by atoms with Crippen molar-refractivity contribution in [1.29, 1.82) is 0 Å². The lowest BCUT2D eigenvalue weighted by Crippen LogP contribution is -2.16. The van der Waals surface area contributed by atoms with Crippen molar-refractivity contribution in [3.63, 3.8) is 0 Å². The normalized spacial score (nSPS) is 13.1. The zero-order valence-electron chi connectivity index (χ0n) is 18.1. The highest BCUT2D eigenvalue weighted by atomic mass is 32.1. The molecule has 0 spiro atoms. The monoisotopic (exact) mass is 439 g/mol. The fraction of sp³-hybridized carbons (Fsp3) is 0.682. The summed E-state index contributed by atoms with van der Waals surface area (Å²) in [5.74, 6) is 0.975. The average molecular weight is 440 g/mol. The Bertz CT molecular complexity index is 667. The first-order valence-electron chi connectivity index (χ1n) is 9.06. The van der Waals surface area contributed by atoms with Gasteiger partial charge in [-0.3, -0.25) is 4.99 Å². The predicted octanol–water partition coefficient (Wildman–Crippen LogP) is 7.06. The summed E-state index contributed by atoms with van der Waals surface area (Å²) in [6, 6.07) is 0. The van der Waals surface area contributed by atoms with E-state index in [0.717, 1.165) is 17.4 Å². The van der Waals surface area contributed by atoms with Crippen LogP contribution in [0.15, 0.2) is 27.9 Å². The van der Waals surface area contributed by atoms with E-state index in [1.807, 2.05) is 17.8 Å². The van der Waals surface area contributed by atoms with Gasteiger partial charge in [-0.15, -0.1) is 11.3 Å². The molecule has 0 amide bonds. The molecule has 0 fully saturated rings. The number of rotatable bonds is 0. The smallest absolute Gasteiger partial charge is 0.129 e. The van der Waals surface area contributed by atoms with E-state index in [0.29, 0.717) is 0 Å². The van der Waals surface area contributed by atoms with Crippen LogP contribution >= 0.6 is 22.9 Å². The number of thiazole rings is 1. The van der Waals surface area contributed by atoms with Crippen molar-refractivity contribution in [2.75, 3.05) is 6.54 Å². The molecule has 29 heavy (non-hydrogen) atoms. The highest BCUT2D eigenvalue weighted by Gasteiger charge is 2.19. The number of hydrogen-bond donors (Lipinski definition) is 0. The van der Waals surface area contributed by atoms with Crippen LogP contribution in [0, 0.1) is 5.41 Å². The van der Waals surface area contributed by atoms with E-state index in [1.54, 1.807) is 17.7 Å². The molecular formula is C22H41N5S2. The van der Waals surface area contributed by atoms with Crippen LogP contribution in [0.2, 0.25) is 0 Å². The molecule has 166 valence electrons. The summed E-state index contributed by atoms with van der Waals surface area (Å²) in [6.45, 7) is 20.0. The molecule has 1 aliphatic heterocycles. The summed E-state index contributed by atoms with van der Waals surface area (Å²) in [6.07, 6.45) is 5.30. The van der Waals surface area contributed by atoms with E-state index in [1.165, 1.54) is 16.5 Å². The molecule has 0 aromatic carbocycles. The average Bonchev–Trinajstić information content (AvgIpc) is 3.28. The van der Waals surface area contributed by atoms with E-state index in [9.17, 15) is 0 Å². The van der Waals surface area contributed by atoms with Crippen LogP contribution in [0.5, 0.6) is 0 Å². The van der Waals surface area contributed by atoms with Crippen molar-refractivity contribution >= 4 is 34.9 Å². The molecule has 0 N–H and O–H groups in total. The van der Waals surface area contributed by atoms with Crippen molar-refractivity contribution in [3.05, 3.63) is 27.9 Å². The van der Waals surface area contributed by atoms with Crippen molar-refractivity contribution < 1.29 is 0 Å². The summed E-state index contributed by atoms with van der Waals surface area (Å²) in [4.78, 5) is 16.6. The number of aliphatic imine (C=N–C) groups is 2. The van der Waals surface area contributed by atoms with E-state index in [2.05, 4.69) is 86.6 Å². The minimum Gasteiger partial charge on any atom is -0.264 e. The summed E-state index contributed by atoms with van der Waals surface area (Å²) in [7, 11) is 0. The van der Waals surface area contributed by atoms with Gasteiger partial charge in [0, 0.05) is 34.0 Å². The standard InChI is InChI=1S/C7H12N2.C7H11NS.C6H10N2S.2CH4/c2*1-7(2,3)6-8-4-5-9-6;1-6(2,3)5-7-4-8-9-5;;/h4H,5H2,1-3H3;4-5H,1-3H3;4H,1-3H3;2*1H4. The van der Waals surface area contributed by atoms with Crippen molar-refractivity contribution in [2.45, 2.75) is 88.0 Å². The molecule has 0 saturated heterocycles. The van der Waals surface area contributed by atoms with Crippen LogP contribution in [-0.2, 0) is 10.8 Å². The van der Waals surface area contributed by atoms with Gasteiger partial charge in [0.05, 0.1) is 11.6 Å². The van der Waals surface area contributed by atoms with Gasteiger partial charge < -0.3 is 0 Å². The lowest BCUT2D eigenvalue weighted by atomic mass is 9.95. The van der Waals surface area contributed by atoms with E-state index >= 15 is 0 Å². The van der Waals surface area contributed by atoms with Gasteiger partial charge in [-0.05, 0) is 11.5 Å². The van der Waals surface area contributed by atoms with Gasteiger partial charge in [-0.25, -0.2) is 15.0 Å². The fourth-order valence-corrected chi connectivity index (χ4v) is 3.11. The first-order chi connectivity index (χ1) is 12.3. The van der Waals surface area contributed by atoms with Crippen LogP contribution in [0.3, 0.4) is 0 Å². The highest BCUT2D eigenvalue weighted by molar-refractivity contribution is 7.09. The van der Waals surface area contributed by atoms with E-state index in [-0.39, 0.29) is 31.1 Å². The zero-order chi connectivity index (χ0) is 20.7. The maximum atomic E-state index is 4.21. The van der Waals surface area contributed by atoms with Crippen LogP contribution in [0.25, 0.3) is 0 Å². The topological polar surface area (TPSA) is 63.4 Å². The summed E-state index contributed by atoms with van der Waals surface area (Å²) < 4.78 is 3.92. The molecule has 1 aliphatic rings. The van der Waals surface area contributed by atoms with Crippen LogP contribution in [-0.4, -0.2) is 32.9 Å². The summed E-state index contributed by atoms with van der Waals surface area (Å²) in [5, 5.41) is 4.32. The molecule has 0 atom stereocenters. The molecule has 0 aliphatic carbocycles. The fourth-order valence-electron chi connectivity index (χ4n) is 1.82. The first kappa shape index (κ1) is 29.7. The van der Waals surface area contributed by atoms with Gasteiger partial charge in [-0.1, -0.05) is 77.2 Å². The molecule has 5 nitrogen and oxygen atoms in total. The lowest BCUT2D eigenvalue weighted by molar-refractivity contribution is 0.585. The van der Waals surface area contributed by atoms with Crippen LogP contribution < -0.4 is 0 Å². The molecule has 2 aromatic heterocycles. The molecule has 0 unspecified atom stereocenters. The second-order valence-corrected chi connectivity index (χ2v) is 11.0. The molecule has 7 heteroatoms. The second-order valence-electron chi connectivity index (χ2n) is 9.31. The largest absolute Gasteiger partial charge is 0.264 e. The Hall–Kier alpha value is -1.47. The molecule has 0 radical (unpaired) electrons. The maximum absolute atomic E-state index is 4.21. The van der Waals surface area contributed by atoms with Crippen LogP contribution in [0.4, 0.5) is 0 Å². The molecule has 0 saturated carbocycles. The van der Waals surface area contributed by atoms with Crippen molar-refractivity contribution in [2.24, 2.45) is 15.4 Å². The van der Waals surface area contributed by atoms with Gasteiger partial charge in [0.25, 0.3) is 0 Å². The lowest BCUT2D eigenvalue weighted by Gasteiger charge is -2.14. The van der Waals surface area contributed by atoms with Crippen molar-refractivity contribution in [1.82, 2.24) is 14.3 Å². The SMILES string of the molecule is C.C.CC(C)(C)C1=NCC=N1.CC(C)(C)c1nccs1.CC(C)(C)c1ncns1. The first-order valence-corrected chi connectivity index (χ1v) is 10.7. The molecule has 0 bridgehead atoms. The summed E-state index contributed by atoms with van der Waals surface area (Å²) in [5.41, 5.74) is 0.530. The minimum atomic E-state index is 0. The Balaban J connectivity index is 0. The number of amidine groups is 1. The minimum absolute atomic E-state index is 0. The summed E-state index contributed by atoms with van der Waals surface area (Å²) >= 11 is 3.19. The third kappa shape index (κ3) is 11.3. The van der Waals surface area contributed by atoms with Gasteiger partial charge in [0.15, 0.2) is 0 Å². The molecule has 2 aromatic rings. The quantitative estimate of drug-likeness (QED) is 0.441. The molecule has 3 rings (SSSR count). The third-order valence-corrected chi connectivity index (χ3v) is 5.57. The maximum Gasteiger partial charge on any atom is 0.129 e. The van der Waals surface area contributed by atoms with Crippen molar-refractivity contribution in [3.8, 4) is 0 Å². The molecular weight excluding hydrogens is 398 g/mol. The van der Waals surface area contributed by atoms with E-state index < -0.39 is 0 Å². The van der Waals surface area contributed by atoms with Crippen LogP contribution in [0.1, 0.15) is 87.2 Å². The Morgan fingerprint density at radius 3 is 1.59 bits per heavy atom. The number of hydrogen-bond acceptors (Lipinski definition) is 7. The van der Waals surface area contributed by atoms with E-state index in [4.69, 9.17) is 0 Å². The second kappa shape index (κ2) is 12.3. The zero-order valence-corrected chi connectivity index (χ0v) is 19.7.